The molecule has 3 N–H and O–H groups in total. The molecule has 0 aliphatic heterocycles. The van der Waals surface area contributed by atoms with Gasteiger partial charge in [-0.25, -0.2) is 0 Å². The molecule has 1 atom stereocenters. The molecule has 0 amide bonds. The molecular formula is C2H8N3OP. The molecule has 0 saturated heterocycles. The molecule has 7 heavy (non-hydrogen) atoms. The van der Waals surface area contributed by atoms with Crippen LogP contribution in [0.15, 0.2) is 5.16 Å². The Labute approximate surface area is 44.3 Å². The summed E-state index contributed by atoms with van der Waals surface area (Å²) in [5, 5.41) is 5.79. The van der Waals surface area contributed by atoms with Gasteiger partial charge in [0.1, 0.15) is 7.11 Å². The van der Waals surface area contributed by atoms with Crippen LogP contribution >= 0.6 is 9.39 Å². The van der Waals surface area contributed by atoms with Crippen molar-refractivity contribution in [3.63, 3.8) is 0 Å². The summed E-state index contributed by atoms with van der Waals surface area (Å²) in [6, 6.07) is 0. The molecule has 42 valence electrons. The van der Waals surface area contributed by atoms with Gasteiger partial charge in [-0.05, 0) is 14.5 Å². The fraction of sp³-hybridized carbons (Fsp3) is 0.500. The minimum Gasteiger partial charge on any atom is -0.396 e. The van der Waals surface area contributed by atoms with Gasteiger partial charge >= 0.3 is 0 Å². The number of rotatable bonds is 1. The molecule has 0 aromatic carbocycles. The van der Waals surface area contributed by atoms with E-state index in [1.54, 1.807) is 0 Å². The number of hydrogen-bond acceptors (Lipinski definition) is 2. The van der Waals surface area contributed by atoms with Gasteiger partial charge in [-0.3, -0.25) is 0 Å². The highest BCUT2D eigenvalue weighted by molar-refractivity contribution is 7.15. The Morgan fingerprint density at radius 3 is 2.71 bits per heavy atom. The molecule has 0 aromatic heterocycles. The van der Waals surface area contributed by atoms with E-state index in [1.807, 2.05) is 0 Å². The third-order valence-corrected chi connectivity index (χ3v) is 0.633. The van der Waals surface area contributed by atoms with Crippen molar-refractivity contribution in [2.75, 3.05) is 7.11 Å². The summed E-state index contributed by atoms with van der Waals surface area (Å²) in [5.74, 6) is 0.243. The standard InChI is InChI=1S/C2H8N3OP/c1-6-4-2(3)5-7/h7H2,1H3,(H3,3,4,5). The van der Waals surface area contributed by atoms with Crippen LogP contribution in [-0.2, 0) is 4.84 Å². The fourth-order valence-electron chi connectivity index (χ4n) is 0.125. The molecule has 0 rings (SSSR count). The zero-order valence-corrected chi connectivity index (χ0v) is 5.16. The molecule has 0 saturated carbocycles. The first-order valence-electron chi connectivity index (χ1n) is 1.64. The van der Waals surface area contributed by atoms with Gasteiger partial charge in [-0.2, -0.15) is 0 Å². The topological polar surface area (TPSA) is 59.6 Å². The number of nitrogens with zero attached hydrogens (tertiary/aromatic N) is 1. The molecule has 0 fully saturated rings. The summed E-state index contributed by atoms with van der Waals surface area (Å²) in [5.41, 5.74) is 5.08. The van der Waals surface area contributed by atoms with Crippen molar-refractivity contribution < 1.29 is 4.84 Å². The molecule has 0 aliphatic carbocycles. The van der Waals surface area contributed by atoms with Gasteiger partial charge in [0.25, 0.3) is 0 Å². The van der Waals surface area contributed by atoms with Crippen molar-refractivity contribution in [1.29, 1.82) is 0 Å². The van der Waals surface area contributed by atoms with Crippen LogP contribution < -0.4 is 10.8 Å². The van der Waals surface area contributed by atoms with Crippen molar-refractivity contribution >= 4 is 15.4 Å². The average Bonchev–Trinajstić information content (AvgIpc) is 1.68. The van der Waals surface area contributed by atoms with Crippen LogP contribution in [0.5, 0.6) is 0 Å². The monoisotopic (exact) mass is 121 g/mol. The van der Waals surface area contributed by atoms with E-state index in [-0.39, 0.29) is 5.96 Å². The molecular weight excluding hydrogens is 113 g/mol. The van der Waals surface area contributed by atoms with Crippen molar-refractivity contribution in [1.82, 2.24) is 5.09 Å². The SMILES string of the molecule is CON=C(N)NP. The molecule has 0 aliphatic rings. The fourth-order valence-corrected chi connectivity index (χ4v) is 0.177. The van der Waals surface area contributed by atoms with Gasteiger partial charge in [0, 0.05) is 0 Å². The van der Waals surface area contributed by atoms with Crippen LogP contribution in [0.4, 0.5) is 0 Å². The van der Waals surface area contributed by atoms with Crippen molar-refractivity contribution in [2.45, 2.75) is 0 Å². The maximum atomic E-state index is 5.08. The predicted molar refractivity (Wildman–Crippen MR) is 31.5 cm³/mol. The van der Waals surface area contributed by atoms with Crippen LogP contribution in [0.25, 0.3) is 0 Å². The van der Waals surface area contributed by atoms with E-state index in [0.717, 1.165) is 0 Å². The van der Waals surface area contributed by atoms with E-state index < -0.39 is 0 Å². The number of guanidine groups is 1. The molecule has 0 spiro atoms. The molecule has 0 radical (unpaired) electrons. The Morgan fingerprint density at radius 2 is 2.57 bits per heavy atom. The number of oxime groups is 1. The van der Waals surface area contributed by atoms with Crippen LogP contribution in [0.2, 0.25) is 0 Å². The second-order valence-corrected chi connectivity index (χ2v) is 1.09. The van der Waals surface area contributed by atoms with E-state index in [9.17, 15) is 0 Å². The lowest BCUT2D eigenvalue weighted by Gasteiger charge is -1.92. The minimum absolute atomic E-state index is 0.243. The van der Waals surface area contributed by atoms with Crippen molar-refractivity contribution in [2.24, 2.45) is 10.9 Å². The maximum absolute atomic E-state index is 5.08. The lowest BCUT2D eigenvalue weighted by atomic mass is 11.1. The zero-order chi connectivity index (χ0) is 5.70. The number of nitrogens with two attached hydrogens (primary N) is 1. The van der Waals surface area contributed by atoms with Crippen LogP contribution in [0.3, 0.4) is 0 Å². The summed E-state index contributed by atoms with van der Waals surface area (Å²) in [4.78, 5) is 4.28. The van der Waals surface area contributed by atoms with Crippen LogP contribution in [0.1, 0.15) is 0 Å². The first-order valence-corrected chi connectivity index (χ1v) is 2.22. The Morgan fingerprint density at radius 1 is 2.00 bits per heavy atom. The minimum atomic E-state index is 0.243. The Bertz CT molecular complexity index is 73.3. The summed E-state index contributed by atoms with van der Waals surface area (Å²) >= 11 is 0. The van der Waals surface area contributed by atoms with Gasteiger partial charge in [0.05, 0.1) is 0 Å². The van der Waals surface area contributed by atoms with Gasteiger partial charge < -0.3 is 15.7 Å². The molecule has 1 unspecified atom stereocenters. The Balaban J connectivity index is 3.29. The zero-order valence-electron chi connectivity index (χ0n) is 4.01. The van der Waals surface area contributed by atoms with E-state index in [0.29, 0.717) is 0 Å². The molecule has 5 heteroatoms. The highest BCUT2D eigenvalue weighted by Crippen LogP contribution is 1.69. The molecule has 0 bridgehead atoms. The first kappa shape index (κ1) is 6.50. The molecule has 0 heterocycles. The quantitative estimate of drug-likeness (QED) is 0.207. The number of nitrogens with one attached hydrogen (secondary N) is 1. The average molecular weight is 121 g/mol. The Hall–Kier alpha value is -0.500. The normalized spacial score (nSPS) is 10.9. The lowest BCUT2D eigenvalue weighted by molar-refractivity contribution is 0.212. The van der Waals surface area contributed by atoms with Gasteiger partial charge in [-0.15, -0.1) is 0 Å². The Kier molecular flexibility index (Phi) is 3.42. The molecule has 0 aromatic rings. The van der Waals surface area contributed by atoms with Gasteiger partial charge in [-0.1, -0.05) is 0 Å². The van der Waals surface area contributed by atoms with E-state index in [2.05, 4.69) is 24.5 Å². The summed E-state index contributed by atoms with van der Waals surface area (Å²) < 4.78 is 0. The summed E-state index contributed by atoms with van der Waals surface area (Å²) in [7, 11) is 3.61. The van der Waals surface area contributed by atoms with Crippen molar-refractivity contribution in [3.05, 3.63) is 0 Å². The highest BCUT2D eigenvalue weighted by Gasteiger charge is 1.77. The maximum Gasteiger partial charge on any atom is 0.233 e. The largest absolute Gasteiger partial charge is 0.396 e. The summed E-state index contributed by atoms with van der Waals surface area (Å²) in [6.07, 6.45) is 0. The molecule has 4 nitrogen and oxygen atoms in total. The predicted octanol–water partition coefficient (Wildman–Crippen LogP) is -0.758. The second-order valence-electron chi connectivity index (χ2n) is 0.803. The summed E-state index contributed by atoms with van der Waals surface area (Å²) in [6.45, 7) is 0. The van der Waals surface area contributed by atoms with Crippen molar-refractivity contribution in [3.8, 4) is 0 Å². The van der Waals surface area contributed by atoms with Crippen LogP contribution in [-0.4, -0.2) is 13.1 Å². The van der Waals surface area contributed by atoms with Gasteiger partial charge in [0.2, 0.25) is 5.96 Å². The first-order chi connectivity index (χ1) is 3.31. The van der Waals surface area contributed by atoms with E-state index >= 15 is 0 Å². The highest BCUT2D eigenvalue weighted by atomic mass is 31.0. The lowest BCUT2D eigenvalue weighted by Crippen LogP contribution is -2.22. The van der Waals surface area contributed by atoms with E-state index in [1.165, 1.54) is 7.11 Å². The third-order valence-electron chi connectivity index (χ3n) is 0.338. The van der Waals surface area contributed by atoms with Gasteiger partial charge in [0.15, 0.2) is 0 Å². The van der Waals surface area contributed by atoms with E-state index in [4.69, 9.17) is 5.73 Å². The second kappa shape index (κ2) is 3.68. The third kappa shape index (κ3) is 3.33. The van der Waals surface area contributed by atoms with Crippen LogP contribution in [0, 0.1) is 0 Å². The smallest absolute Gasteiger partial charge is 0.233 e. The number of hydrogen-bond donors (Lipinski definition) is 2.